The Morgan fingerprint density at radius 1 is 1.24 bits per heavy atom. The number of carbonyl (C=O) groups is 1. The van der Waals surface area contributed by atoms with Crippen LogP contribution in [0.3, 0.4) is 0 Å². The van der Waals surface area contributed by atoms with Crippen LogP contribution in [0.5, 0.6) is 5.75 Å². The van der Waals surface area contributed by atoms with Crippen LogP contribution in [0.2, 0.25) is 0 Å². The van der Waals surface area contributed by atoms with Crippen LogP contribution in [0, 0.1) is 0 Å². The van der Waals surface area contributed by atoms with Gasteiger partial charge in [0.1, 0.15) is 5.75 Å². The molecule has 1 aliphatic heterocycles. The molecule has 0 aliphatic carbocycles. The normalized spacial score (nSPS) is 17.5. The molecule has 25 heavy (non-hydrogen) atoms. The third-order valence-corrected chi connectivity index (χ3v) is 4.72. The number of ether oxygens (including phenoxy) is 1. The maximum Gasteiger partial charge on any atom is 0.255 e. The quantitative estimate of drug-likeness (QED) is 0.796. The van der Waals surface area contributed by atoms with Gasteiger partial charge in [-0.2, -0.15) is 0 Å². The number of amides is 1. The molecule has 3 rings (SSSR count). The van der Waals surface area contributed by atoms with Crippen LogP contribution in [0.15, 0.2) is 42.5 Å². The first-order valence-electron chi connectivity index (χ1n) is 8.86. The molecule has 1 amide bonds. The van der Waals surface area contributed by atoms with Crippen molar-refractivity contribution in [1.29, 1.82) is 0 Å². The van der Waals surface area contributed by atoms with Crippen LogP contribution in [-0.2, 0) is 4.74 Å². The number of nitrogens with one attached hydrogen (secondary N) is 1. The maximum atomic E-state index is 12.6. The van der Waals surface area contributed by atoms with Crippen molar-refractivity contribution >= 4 is 11.6 Å². The van der Waals surface area contributed by atoms with E-state index >= 15 is 0 Å². The predicted molar refractivity (Wildman–Crippen MR) is 99.4 cm³/mol. The van der Waals surface area contributed by atoms with Crippen LogP contribution in [0.4, 0.5) is 5.69 Å². The number of carbonyl (C=O) groups excluding carboxylic acids is 1. The van der Waals surface area contributed by atoms with E-state index in [9.17, 15) is 9.90 Å². The van der Waals surface area contributed by atoms with Crippen molar-refractivity contribution in [2.75, 3.05) is 18.5 Å². The SMILES string of the molecule is CC(C)c1ccc(O)c(NC(=O)c2cccc(C3CCCOC3)c2)c1. The molecule has 2 aromatic rings. The second-order valence-corrected chi connectivity index (χ2v) is 6.92. The van der Waals surface area contributed by atoms with E-state index in [0.29, 0.717) is 29.7 Å². The summed E-state index contributed by atoms with van der Waals surface area (Å²) in [5.74, 6) is 0.537. The fraction of sp³-hybridized carbons (Fsp3) is 0.381. The Balaban J connectivity index is 1.78. The molecule has 1 fully saturated rings. The van der Waals surface area contributed by atoms with Gasteiger partial charge in [-0.25, -0.2) is 0 Å². The van der Waals surface area contributed by atoms with Crippen molar-refractivity contribution in [3.63, 3.8) is 0 Å². The molecule has 1 unspecified atom stereocenters. The number of rotatable bonds is 4. The van der Waals surface area contributed by atoms with Gasteiger partial charge in [0.05, 0.1) is 12.3 Å². The maximum absolute atomic E-state index is 12.6. The number of hydrogen-bond acceptors (Lipinski definition) is 3. The molecule has 2 N–H and O–H groups in total. The molecule has 132 valence electrons. The van der Waals surface area contributed by atoms with E-state index in [4.69, 9.17) is 4.74 Å². The smallest absolute Gasteiger partial charge is 0.255 e. The van der Waals surface area contributed by atoms with E-state index in [1.54, 1.807) is 12.1 Å². The molecule has 2 aromatic carbocycles. The summed E-state index contributed by atoms with van der Waals surface area (Å²) in [4.78, 5) is 12.6. The minimum absolute atomic E-state index is 0.0783. The topological polar surface area (TPSA) is 58.6 Å². The zero-order chi connectivity index (χ0) is 17.8. The summed E-state index contributed by atoms with van der Waals surface area (Å²) in [7, 11) is 0. The third kappa shape index (κ3) is 4.20. The largest absolute Gasteiger partial charge is 0.506 e. The van der Waals surface area contributed by atoms with Gasteiger partial charge in [-0.3, -0.25) is 4.79 Å². The lowest BCUT2D eigenvalue weighted by molar-refractivity contribution is 0.0803. The lowest BCUT2D eigenvalue weighted by atomic mass is 9.92. The molecular weight excluding hydrogens is 314 g/mol. The first-order chi connectivity index (χ1) is 12.0. The van der Waals surface area contributed by atoms with Crippen molar-refractivity contribution < 1.29 is 14.6 Å². The second-order valence-electron chi connectivity index (χ2n) is 6.92. The van der Waals surface area contributed by atoms with Gasteiger partial charge in [-0.1, -0.05) is 32.0 Å². The summed E-state index contributed by atoms with van der Waals surface area (Å²) in [6, 6.07) is 13.0. The third-order valence-electron chi connectivity index (χ3n) is 4.72. The van der Waals surface area contributed by atoms with Gasteiger partial charge in [-0.15, -0.1) is 0 Å². The molecule has 4 heteroatoms. The molecule has 4 nitrogen and oxygen atoms in total. The van der Waals surface area contributed by atoms with Crippen molar-refractivity contribution in [3.05, 3.63) is 59.2 Å². The summed E-state index contributed by atoms with van der Waals surface area (Å²) >= 11 is 0. The van der Waals surface area contributed by atoms with Crippen molar-refractivity contribution in [1.82, 2.24) is 0 Å². The molecule has 0 aromatic heterocycles. The van der Waals surface area contributed by atoms with Gasteiger partial charge in [0.15, 0.2) is 0 Å². The van der Waals surface area contributed by atoms with Gasteiger partial charge in [0, 0.05) is 18.1 Å². The standard InChI is InChI=1S/C21H25NO3/c1-14(2)15-8-9-20(23)19(12-15)22-21(24)17-6-3-5-16(11-17)18-7-4-10-25-13-18/h3,5-6,8-9,11-12,14,18,23H,4,7,10,13H2,1-2H3,(H,22,24). The van der Waals surface area contributed by atoms with E-state index in [-0.39, 0.29) is 11.7 Å². The van der Waals surface area contributed by atoms with Gasteiger partial charge in [0.2, 0.25) is 0 Å². The number of anilines is 1. The molecular formula is C21H25NO3. The van der Waals surface area contributed by atoms with Crippen LogP contribution in [0.25, 0.3) is 0 Å². The highest BCUT2D eigenvalue weighted by atomic mass is 16.5. The van der Waals surface area contributed by atoms with Crippen LogP contribution in [0.1, 0.15) is 60.0 Å². The highest BCUT2D eigenvalue weighted by Gasteiger charge is 2.18. The van der Waals surface area contributed by atoms with Crippen molar-refractivity contribution in [2.45, 2.75) is 38.5 Å². The minimum Gasteiger partial charge on any atom is -0.506 e. The molecule has 1 atom stereocenters. The number of hydrogen-bond donors (Lipinski definition) is 2. The van der Waals surface area contributed by atoms with Crippen molar-refractivity contribution in [3.8, 4) is 5.75 Å². The number of benzene rings is 2. The van der Waals surface area contributed by atoms with Gasteiger partial charge in [0.25, 0.3) is 5.91 Å². The minimum atomic E-state index is -0.213. The Morgan fingerprint density at radius 2 is 2.08 bits per heavy atom. The Hall–Kier alpha value is -2.33. The highest BCUT2D eigenvalue weighted by Crippen LogP contribution is 2.29. The van der Waals surface area contributed by atoms with Gasteiger partial charge < -0.3 is 15.2 Å². The Labute approximate surface area is 148 Å². The summed E-state index contributed by atoms with van der Waals surface area (Å²) in [5.41, 5.74) is 3.24. The fourth-order valence-electron chi connectivity index (χ4n) is 3.14. The monoisotopic (exact) mass is 339 g/mol. The summed E-state index contributed by atoms with van der Waals surface area (Å²) in [6.45, 7) is 5.69. The Kier molecular flexibility index (Phi) is 5.39. The zero-order valence-corrected chi connectivity index (χ0v) is 14.8. The molecule has 1 saturated heterocycles. The van der Waals surface area contributed by atoms with E-state index in [2.05, 4.69) is 19.2 Å². The van der Waals surface area contributed by atoms with E-state index in [1.807, 2.05) is 30.3 Å². The van der Waals surface area contributed by atoms with Gasteiger partial charge >= 0.3 is 0 Å². The van der Waals surface area contributed by atoms with Crippen LogP contribution >= 0.6 is 0 Å². The van der Waals surface area contributed by atoms with E-state index in [0.717, 1.165) is 30.6 Å². The summed E-state index contributed by atoms with van der Waals surface area (Å²) in [5, 5.41) is 12.9. The summed E-state index contributed by atoms with van der Waals surface area (Å²) < 4.78 is 5.55. The molecule has 0 radical (unpaired) electrons. The average Bonchev–Trinajstić information content (AvgIpc) is 2.64. The number of phenolic OH excluding ortho intramolecular Hbond substituents is 1. The van der Waals surface area contributed by atoms with Crippen LogP contribution in [-0.4, -0.2) is 24.2 Å². The lowest BCUT2D eigenvalue weighted by Crippen LogP contribution is -2.17. The molecule has 1 heterocycles. The van der Waals surface area contributed by atoms with Crippen LogP contribution < -0.4 is 5.32 Å². The Bertz CT molecular complexity index is 749. The molecule has 0 spiro atoms. The Morgan fingerprint density at radius 3 is 2.80 bits per heavy atom. The molecule has 1 aliphatic rings. The van der Waals surface area contributed by atoms with E-state index < -0.39 is 0 Å². The number of phenols is 1. The number of aromatic hydroxyl groups is 1. The second kappa shape index (κ2) is 7.70. The van der Waals surface area contributed by atoms with Crippen molar-refractivity contribution in [2.24, 2.45) is 0 Å². The lowest BCUT2D eigenvalue weighted by Gasteiger charge is -2.22. The zero-order valence-electron chi connectivity index (χ0n) is 14.8. The predicted octanol–water partition coefficient (Wildman–Crippen LogP) is 4.66. The highest BCUT2D eigenvalue weighted by molar-refractivity contribution is 6.05. The first kappa shape index (κ1) is 17.5. The molecule has 0 saturated carbocycles. The van der Waals surface area contributed by atoms with Gasteiger partial charge in [-0.05, 0) is 54.2 Å². The summed E-state index contributed by atoms with van der Waals surface area (Å²) in [6.07, 6.45) is 2.14. The average molecular weight is 339 g/mol. The van der Waals surface area contributed by atoms with E-state index in [1.165, 1.54) is 0 Å². The fourth-order valence-corrected chi connectivity index (χ4v) is 3.14. The molecule has 0 bridgehead atoms. The first-order valence-corrected chi connectivity index (χ1v) is 8.86.